The third-order valence-corrected chi connectivity index (χ3v) is 4.49. The largest absolute Gasteiger partial charge is 0.313 e. The molecule has 4 heteroatoms. The molecule has 1 N–H and O–H groups in total. The molecule has 1 fully saturated rings. The molecule has 2 rings (SSSR count). The van der Waals surface area contributed by atoms with Crippen molar-refractivity contribution in [2.24, 2.45) is 0 Å². The predicted octanol–water partition coefficient (Wildman–Crippen LogP) is 2.52. The lowest BCUT2D eigenvalue weighted by Gasteiger charge is -2.30. The van der Waals surface area contributed by atoms with Gasteiger partial charge in [-0.15, -0.1) is 0 Å². The zero-order chi connectivity index (χ0) is 13.5. The zero-order valence-electron chi connectivity index (χ0n) is 12.1. The molecule has 0 aromatic carbocycles. The van der Waals surface area contributed by atoms with Gasteiger partial charge >= 0.3 is 0 Å². The first-order chi connectivity index (χ1) is 9.28. The normalized spacial score (nSPS) is 20.6. The van der Waals surface area contributed by atoms with E-state index >= 15 is 0 Å². The number of thioether (sulfide) groups is 1. The van der Waals surface area contributed by atoms with Gasteiger partial charge in [-0.25, -0.2) is 0 Å². The van der Waals surface area contributed by atoms with Crippen LogP contribution in [-0.4, -0.2) is 40.5 Å². The molecule has 0 saturated carbocycles. The average molecular weight is 279 g/mol. The van der Waals surface area contributed by atoms with E-state index in [0.717, 1.165) is 24.9 Å². The van der Waals surface area contributed by atoms with Gasteiger partial charge in [-0.3, -0.25) is 9.88 Å². The van der Waals surface area contributed by atoms with Gasteiger partial charge in [0.1, 0.15) is 0 Å². The van der Waals surface area contributed by atoms with Crippen LogP contribution in [0.5, 0.6) is 0 Å². The summed E-state index contributed by atoms with van der Waals surface area (Å²) in [6.07, 6.45) is 3.19. The van der Waals surface area contributed by atoms with Crippen LogP contribution in [0.4, 0.5) is 0 Å². The summed E-state index contributed by atoms with van der Waals surface area (Å²) in [4.78, 5) is 7.10. The Balaban J connectivity index is 1.81. The number of nitrogens with one attached hydrogen (secondary N) is 1. The minimum Gasteiger partial charge on any atom is -0.313 e. The van der Waals surface area contributed by atoms with Gasteiger partial charge in [-0.05, 0) is 24.6 Å². The van der Waals surface area contributed by atoms with Crippen LogP contribution in [0.3, 0.4) is 0 Å². The highest BCUT2D eigenvalue weighted by atomic mass is 32.2. The SMILES string of the molecule is CCCNCc1ccc(CN2CCSC(C)C2)nc1. The van der Waals surface area contributed by atoms with Gasteiger partial charge in [0, 0.05) is 43.4 Å². The van der Waals surface area contributed by atoms with E-state index in [1.807, 2.05) is 6.20 Å². The molecule has 3 nitrogen and oxygen atoms in total. The fourth-order valence-corrected chi connectivity index (χ4v) is 3.41. The van der Waals surface area contributed by atoms with Gasteiger partial charge < -0.3 is 5.32 Å². The molecular weight excluding hydrogens is 254 g/mol. The van der Waals surface area contributed by atoms with Crippen molar-refractivity contribution < 1.29 is 0 Å². The molecule has 1 aromatic rings. The van der Waals surface area contributed by atoms with E-state index in [-0.39, 0.29) is 0 Å². The van der Waals surface area contributed by atoms with Crippen molar-refractivity contribution in [1.82, 2.24) is 15.2 Å². The summed E-state index contributed by atoms with van der Waals surface area (Å²) >= 11 is 2.08. The van der Waals surface area contributed by atoms with E-state index < -0.39 is 0 Å². The van der Waals surface area contributed by atoms with Gasteiger partial charge in [0.15, 0.2) is 0 Å². The molecule has 106 valence electrons. The second-order valence-corrected chi connectivity index (χ2v) is 6.80. The lowest BCUT2D eigenvalue weighted by atomic mass is 10.2. The van der Waals surface area contributed by atoms with Crippen molar-refractivity contribution in [1.29, 1.82) is 0 Å². The topological polar surface area (TPSA) is 28.2 Å². The first-order valence-corrected chi connectivity index (χ1v) is 8.31. The Kier molecular flexibility index (Phi) is 6.14. The molecule has 19 heavy (non-hydrogen) atoms. The monoisotopic (exact) mass is 279 g/mol. The van der Waals surface area contributed by atoms with Gasteiger partial charge in [-0.1, -0.05) is 19.9 Å². The summed E-state index contributed by atoms with van der Waals surface area (Å²) in [7, 11) is 0. The lowest BCUT2D eigenvalue weighted by molar-refractivity contribution is 0.275. The summed E-state index contributed by atoms with van der Waals surface area (Å²) in [5.41, 5.74) is 2.47. The molecule has 0 radical (unpaired) electrons. The van der Waals surface area contributed by atoms with Gasteiger partial charge in [0.05, 0.1) is 5.69 Å². The number of aromatic nitrogens is 1. The van der Waals surface area contributed by atoms with Crippen LogP contribution in [0.15, 0.2) is 18.3 Å². The number of hydrogen-bond acceptors (Lipinski definition) is 4. The van der Waals surface area contributed by atoms with E-state index in [4.69, 9.17) is 0 Å². The summed E-state index contributed by atoms with van der Waals surface area (Å²) < 4.78 is 0. The molecule has 0 aliphatic carbocycles. The molecule has 0 amide bonds. The number of rotatable bonds is 6. The molecule has 1 atom stereocenters. The van der Waals surface area contributed by atoms with Crippen LogP contribution in [0.1, 0.15) is 31.5 Å². The Labute approximate surface area is 121 Å². The van der Waals surface area contributed by atoms with Crippen molar-refractivity contribution in [2.45, 2.75) is 38.6 Å². The van der Waals surface area contributed by atoms with Crippen LogP contribution < -0.4 is 5.32 Å². The second kappa shape index (κ2) is 7.88. The molecule has 0 bridgehead atoms. The summed E-state index contributed by atoms with van der Waals surface area (Å²) in [6.45, 7) is 9.87. The van der Waals surface area contributed by atoms with E-state index in [9.17, 15) is 0 Å². The van der Waals surface area contributed by atoms with Gasteiger partial charge in [0.2, 0.25) is 0 Å². The highest BCUT2D eigenvalue weighted by molar-refractivity contribution is 7.99. The fourth-order valence-electron chi connectivity index (χ4n) is 2.33. The van der Waals surface area contributed by atoms with E-state index in [0.29, 0.717) is 0 Å². The van der Waals surface area contributed by atoms with Crippen LogP contribution in [0, 0.1) is 0 Å². The summed E-state index contributed by atoms with van der Waals surface area (Å²) in [5.74, 6) is 1.25. The van der Waals surface area contributed by atoms with Gasteiger partial charge in [0.25, 0.3) is 0 Å². The standard InChI is InChI=1S/C15H25N3S/c1-3-6-16-9-14-4-5-15(17-10-14)12-18-7-8-19-13(2)11-18/h4-5,10,13,16H,3,6-9,11-12H2,1-2H3. The molecular formula is C15H25N3S. The molecule has 1 aliphatic heterocycles. The Morgan fingerprint density at radius 2 is 2.37 bits per heavy atom. The van der Waals surface area contributed by atoms with Gasteiger partial charge in [-0.2, -0.15) is 11.8 Å². The Morgan fingerprint density at radius 3 is 3.05 bits per heavy atom. The summed E-state index contributed by atoms with van der Waals surface area (Å²) in [5, 5.41) is 4.16. The molecule has 1 aromatic heterocycles. The highest BCUT2D eigenvalue weighted by Gasteiger charge is 2.16. The first-order valence-electron chi connectivity index (χ1n) is 7.26. The maximum atomic E-state index is 4.59. The molecule has 1 saturated heterocycles. The molecule has 0 spiro atoms. The minimum absolute atomic E-state index is 0.756. The molecule has 2 heterocycles. The van der Waals surface area contributed by atoms with Crippen molar-refractivity contribution >= 4 is 11.8 Å². The minimum atomic E-state index is 0.756. The summed E-state index contributed by atoms with van der Waals surface area (Å²) in [6, 6.07) is 4.38. The third-order valence-electron chi connectivity index (χ3n) is 3.35. The Hall–Kier alpha value is -0.580. The van der Waals surface area contributed by atoms with Crippen molar-refractivity contribution in [3.63, 3.8) is 0 Å². The maximum Gasteiger partial charge on any atom is 0.0544 e. The zero-order valence-corrected chi connectivity index (χ0v) is 12.9. The number of nitrogens with zero attached hydrogens (tertiary/aromatic N) is 2. The van der Waals surface area contributed by atoms with E-state index in [1.54, 1.807) is 0 Å². The molecule has 1 aliphatic rings. The highest BCUT2D eigenvalue weighted by Crippen LogP contribution is 2.19. The molecule has 1 unspecified atom stereocenters. The Morgan fingerprint density at radius 1 is 1.47 bits per heavy atom. The Bertz CT molecular complexity index is 366. The van der Waals surface area contributed by atoms with E-state index in [2.05, 4.69) is 52.9 Å². The number of pyridine rings is 1. The van der Waals surface area contributed by atoms with Crippen molar-refractivity contribution in [3.8, 4) is 0 Å². The second-order valence-electron chi connectivity index (χ2n) is 5.25. The van der Waals surface area contributed by atoms with Crippen molar-refractivity contribution in [2.75, 3.05) is 25.4 Å². The smallest absolute Gasteiger partial charge is 0.0544 e. The predicted molar refractivity (Wildman–Crippen MR) is 83.4 cm³/mol. The van der Waals surface area contributed by atoms with Crippen LogP contribution >= 0.6 is 11.8 Å². The first kappa shape index (κ1) is 14.8. The van der Waals surface area contributed by atoms with Crippen LogP contribution in [-0.2, 0) is 13.1 Å². The quantitative estimate of drug-likeness (QED) is 0.810. The van der Waals surface area contributed by atoms with Crippen LogP contribution in [0.25, 0.3) is 0 Å². The lowest BCUT2D eigenvalue weighted by Crippen LogP contribution is -2.36. The third kappa shape index (κ3) is 5.13. The maximum absolute atomic E-state index is 4.59. The van der Waals surface area contributed by atoms with E-state index in [1.165, 1.54) is 36.5 Å². The number of hydrogen-bond donors (Lipinski definition) is 1. The average Bonchev–Trinajstić information content (AvgIpc) is 2.41. The fraction of sp³-hybridized carbons (Fsp3) is 0.667. The van der Waals surface area contributed by atoms with Crippen LogP contribution in [0.2, 0.25) is 0 Å². The van der Waals surface area contributed by atoms with Crippen molar-refractivity contribution in [3.05, 3.63) is 29.6 Å².